The summed E-state index contributed by atoms with van der Waals surface area (Å²) in [5.41, 5.74) is 1.21. The molecule has 2 aromatic rings. The fourth-order valence-electron chi connectivity index (χ4n) is 3.13. The number of likely N-dealkylation sites (N-methyl/N-ethyl adjacent to an activating group) is 1. The van der Waals surface area contributed by atoms with Crippen molar-refractivity contribution in [1.29, 1.82) is 0 Å². The first kappa shape index (κ1) is 16.6. The zero-order chi connectivity index (χ0) is 16.6. The van der Waals surface area contributed by atoms with Gasteiger partial charge in [0.2, 0.25) is 0 Å². The number of thiophene rings is 1. The smallest absolute Gasteiger partial charge is 0.259 e. The van der Waals surface area contributed by atoms with Crippen molar-refractivity contribution in [3.8, 4) is 0 Å². The number of rotatable bonds is 5. The monoisotopic (exact) mass is 335 g/mol. The zero-order valence-corrected chi connectivity index (χ0v) is 14.9. The molecule has 126 valence electrons. The summed E-state index contributed by atoms with van der Waals surface area (Å²) in [5.74, 6) is 0.899. The molecule has 0 aromatic carbocycles. The molecule has 0 saturated heterocycles. The number of nitrogens with zero attached hydrogens (tertiary/aromatic N) is 2. The highest BCUT2D eigenvalue weighted by Gasteiger charge is 2.20. The molecule has 1 atom stereocenters. The van der Waals surface area contributed by atoms with Crippen molar-refractivity contribution in [2.75, 3.05) is 13.6 Å². The molecule has 0 aliphatic heterocycles. The van der Waals surface area contributed by atoms with Crippen molar-refractivity contribution in [3.63, 3.8) is 0 Å². The number of aryl methyl sites for hydroxylation is 2. The molecule has 1 unspecified atom stereocenters. The molecular formula is C17H25N3O2S. The van der Waals surface area contributed by atoms with Gasteiger partial charge in [0.15, 0.2) is 0 Å². The summed E-state index contributed by atoms with van der Waals surface area (Å²) in [6, 6.07) is 0. The number of aliphatic hydroxyl groups excluding tert-OH is 1. The molecule has 23 heavy (non-hydrogen) atoms. The van der Waals surface area contributed by atoms with Gasteiger partial charge in [0, 0.05) is 11.4 Å². The predicted octanol–water partition coefficient (Wildman–Crippen LogP) is 2.31. The normalized spacial score (nSPS) is 16.3. The number of hydrogen-bond donors (Lipinski definition) is 2. The maximum absolute atomic E-state index is 12.5. The topological polar surface area (TPSA) is 69.2 Å². The number of hydrogen-bond acceptors (Lipinski definition) is 5. The lowest BCUT2D eigenvalue weighted by Gasteiger charge is -2.22. The van der Waals surface area contributed by atoms with Gasteiger partial charge < -0.3 is 10.1 Å². The quantitative estimate of drug-likeness (QED) is 0.880. The summed E-state index contributed by atoms with van der Waals surface area (Å²) in [7, 11) is 1.94. The van der Waals surface area contributed by atoms with Crippen LogP contribution in [0.15, 0.2) is 4.79 Å². The molecular weight excluding hydrogens is 310 g/mol. The Hall–Kier alpha value is -1.24. The lowest BCUT2D eigenvalue weighted by Crippen LogP contribution is -2.33. The first-order valence-electron chi connectivity index (χ1n) is 8.35. The van der Waals surface area contributed by atoms with Crippen molar-refractivity contribution < 1.29 is 5.11 Å². The molecule has 0 bridgehead atoms. The Bertz CT molecular complexity index is 750. The van der Waals surface area contributed by atoms with Crippen molar-refractivity contribution in [2.24, 2.45) is 5.92 Å². The van der Waals surface area contributed by atoms with E-state index in [1.807, 2.05) is 25.8 Å². The minimum atomic E-state index is -0.371. The van der Waals surface area contributed by atoms with Crippen LogP contribution in [0.1, 0.15) is 43.0 Å². The van der Waals surface area contributed by atoms with Gasteiger partial charge in [-0.15, -0.1) is 11.3 Å². The van der Waals surface area contributed by atoms with E-state index >= 15 is 0 Å². The van der Waals surface area contributed by atoms with Gasteiger partial charge >= 0.3 is 0 Å². The summed E-state index contributed by atoms with van der Waals surface area (Å²) in [5, 5.41) is 10.8. The Morgan fingerprint density at radius 1 is 1.35 bits per heavy atom. The molecule has 3 rings (SSSR count). The first-order valence-corrected chi connectivity index (χ1v) is 9.17. The van der Waals surface area contributed by atoms with E-state index in [0.29, 0.717) is 18.9 Å². The van der Waals surface area contributed by atoms with Crippen LogP contribution in [0.5, 0.6) is 0 Å². The van der Waals surface area contributed by atoms with Crippen molar-refractivity contribution >= 4 is 21.6 Å². The van der Waals surface area contributed by atoms with Gasteiger partial charge in [0.25, 0.3) is 5.56 Å². The average molecular weight is 335 g/mol. The van der Waals surface area contributed by atoms with Crippen LogP contribution < -0.4 is 5.56 Å². The molecule has 0 fully saturated rings. The van der Waals surface area contributed by atoms with Gasteiger partial charge in [-0.25, -0.2) is 4.98 Å². The predicted molar refractivity (Wildman–Crippen MR) is 94.1 cm³/mol. The maximum Gasteiger partial charge on any atom is 0.259 e. The second kappa shape index (κ2) is 6.71. The lowest BCUT2D eigenvalue weighted by atomic mass is 9.97. The maximum atomic E-state index is 12.5. The van der Waals surface area contributed by atoms with Crippen LogP contribution in [0.4, 0.5) is 0 Å². The number of H-pyrrole nitrogens is 1. The average Bonchev–Trinajstić information content (AvgIpc) is 2.85. The third-order valence-corrected chi connectivity index (χ3v) is 5.75. The van der Waals surface area contributed by atoms with Crippen LogP contribution in [0, 0.1) is 5.92 Å². The van der Waals surface area contributed by atoms with E-state index in [1.54, 1.807) is 11.3 Å². The van der Waals surface area contributed by atoms with Crippen molar-refractivity contribution in [3.05, 3.63) is 26.6 Å². The van der Waals surface area contributed by atoms with E-state index in [9.17, 15) is 9.90 Å². The standard InChI is InChI=1S/C17H25N3O2S/c1-10(2)12(21)8-20(3)9-14-18-16(22)15-11-6-4-5-7-13(11)23-17(15)19-14/h10,12,21H,4-9H2,1-3H3,(H,18,19,22). The van der Waals surface area contributed by atoms with E-state index in [2.05, 4.69) is 9.97 Å². The molecule has 2 N–H and O–H groups in total. The SMILES string of the molecule is CC(C)C(O)CN(C)Cc1nc2sc3c(c2c(=O)[nH]1)CCCC3. The third kappa shape index (κ3) is 3.49. The highest BCUT2D eigenvalue weighted by molar-refractivity contribution is 7.18. The largest absolute Gasteiger partial charge is 0.392 e. The van der Waals surface area contributed by atoms with Gasteiger partial charge in [-0.3, -0.25) is 9.69 Å². The molecule has 6 heteroatoms. The van der Waals surface area contributed by atoms with Crippen LogP contribution in [0.3, 0.4) is 0 Å². The third-order valence-electron chi connectivity index (χ3n) is 4.56. The van der Waals surface area contributed by atoms with Crippen LogP contribution in [-0.4, -0.2) is 39.7 Å². The number of nitrogens with one attached hydrogen (secondary N) is 1. The first-order chi connectivity index (χ1) is 11.0. The number of aromatic nitrogens is 2. The minimum absolute atomic E-state index is 0.0118. The van der Waals surface area contributed by atoms with Crippen LogP contribution in [-0.2, 0) is 19.4 Å². The molecule has 2 aromatic heterocycles. The number of aliphatic hydroxyl groups is 1. The minimum Gasteiger partial charge on any atom is -0.392 e. The Balaban J connectivity index is 1.84. The molecule has 0 spiro atoms. The Kier molecular flexibility index (Phi) is 4.85. The molecule has 0 radical (unpaired) electrons. The van der Waals surface area contributed by atoms with E-state index in [4.69, 9.17) is 0 Å². The van der Waals surface area contributed by atoms with Gasteiger partial charge in [0.1, 0.15) is 10.7 Å². The molecule has 2 heterocycles. The second-order valence-electron chi connectivity index (χ2n) is 6.91. The zero-order valence-electron chi connectivity index (χ0n) is 14.1. The summed E-state index contributed by atoms with van der Waals surface area (Å²) in [6.07, 6.45) is 4.08. The van der Waals surface area contributed by atoms with Gasteiger partial charge in [-0.05, 0) is 44.2 Å². The highest BCUT2D eigenvalue weighted by Crippen LogP contribution is 2.33. The Labute approximate surface area is 140 Å². The van der Waals surface area contributed by atoms with Crippen molar-refractivity contribution in [1.82, 2.24) is 14.9 Å². The highest BCUT2D eigenvalue weighted by atomic mass is 32.1. The fraction of sp³-hybridized carbons (Fsp3) is 0.647. The lowest BCUT2D eigenvalue weighted by molar-refractivity contribution is 0.0830. The van der Waals surface area contributed by atoms with E-state index in [1.165, 1.54) is 16.9 Å². The Morgan fingerprint density at radius 3 is 2.83 bits per heavy atom. The molecule has 5 nitrogen and oxygen atoms in total. The molecule has 1 aliphatic rings. The van der Waals surface area contributed by atoms with Gasteiger partial charge in [0.05, 0.1) is 18.0 Å². The molecule has 1 aliphatic carbocycles. The molecule has 0 saturated carbocycles. The number of fused-ring (bicyclic) bond motifs is 3. The Morgan fingerprint density at radius 2 is 2.09 bits per heavy atom. The fourth-order valence-corrected chi connectivity index (χ4v) is 4.41. The summed E-state index contributed by atoms with van der Waals surface area (Å²) >= 11 is 1.67. The summed E-state index contributed by atoms with van der Waals surface area (Å²) in [6.45, 7) is 5.11. The van der Waals surface area contributed by atoms with Crippen molar-refractivity contribution in [2.45, 2.75) is 52.2 Å². The van der Waals surface area contributed by atoms with Crippen LogP contribution >= 0.6 is 11.3 Å². The van der Waals surface area contributed by atoms with Gasteiger partial charge in [-0.2, -0.15) is 0 Å². The molecule has 0 amide bonds. The van der Waals surface area contributed by atoms with E-state index in [0.717, 1.165) is 29.5 Å². The van der Waals surface area contributed by atoms with E-state index < -0.39 is 0 Å². The van der Waals surface area contributed by atoms with Crippen LogP contribution in [0.2, 0.25) is 0 Å². The van der Waals surface area contributed by atoms with Gasteiger partial charge in [-0.1, -0.05) is 13.8 Å². The summed E-state index contributed by atoms with van der Waals surface area (Å²) in [4.78, 5) is 24.3. The number of aromatic amines is 1. The van der Waals surface area contributed by atoms with E-state index in [-0.39, 0.29) is 17.6 Å². The second-order valence-corrected chi connectivity index (χ2v) is 8.00. The summed E-state index contributed by atoms with van der Waals surface area (Å²) < 4.78 is 0. The van der Waals surface area contributed by atoms with Crippen LogP contribution in [0.25, 0.3) is 10.2 Å².